The Bertz CT molecular complexity index is 839. The lowest BCUT2D eigenvalue weighted by atomic mass is 10.1. The molecule has 0 aliphatic carbocycles. The first-order valence-corrected chi connectivity index (χ1v) is 9.52. The molecule has 0 saturated heterocycles. The third-order valence-corrected chi connectivity index (χ3v) is 5.08. The fourth-order valence-electron chi connectivity index (χ4n) is 2.24. The van der Waals surface area contributed by atoms with Crippen LogP contribution in [0, 0.1) is 5.82 Å². The number of benzene rings is 2. The van der Waals surface area contributed by atoms with E-state index in [0.717, 1.165) is 5.56 Å². The topological polar surface area (TPSA) is 84.5 Å². The normalized spacial score (nSPS) is 11.3. The molecule has 0 radical (unpaired) electrons. The predicted octanol–water partition coefficient (Wildman–Crippen LogP) is 1.72. The molecule has 2 N–H and O–H groups in total. The molecule has 0 aliphatic rings. The highest BCUT2D eigenvalue weighted by Gasteiger charge is 2.15. The summed E-state index contributed by atoms with van der Waals surface area (Å²) < 4.78 is 44.4. The van der Waals surface area contributed by atoms with E-state index in [4.69, 9.17) is 4.74 Å². The van der Waals surface area contributed by atoms with Gasteiger partial charge in [0.05, 0.1) is 11.5 Å². The molecule has 0 aliphatic heterocycles. The molecule has 1 amide bonds. The monoisotopic (exact) mass is 380 g/mol. The number of ether oxygens (including phenoxy) is 1. The fourth-order valence-corrected chi connectivity index (χ4v) is 3.30. The Morgan fingerprint density at radius 2 is 1.85 bits per heavy atom. The first-order chi connectivity index (χ1) is 12.4. The van der Waals surface area contributed by atoms with Gasteiger partial charge in [-0.1, -0.05) is 18.2 Å². The van der Waals surface area contributed by atoms with Gasteiger partial charge in [-0.3, -0.25) is 4.79 Å². The SMILES string of the molecule is COCCNS(=O)(=O)c1cccc(C(=O)NCCc2ccc(F)cc2)c1. The van der Waals surface area contributed by atoms with E-state index in [1.165, 1.54) is 37.4 Å². The molecular formula is C18H21FN2O4S. The second-order valence-electron chi connectivity index (χ2n) is 5.55. The summed E-state index contributed by atoms with van der Waals surface area (Å²) in [6.45, 7) is 0.753. The molecule has 0 saturated carbocycles. The number of carbonyl (C=O) groups excluding carboxylic acids is 1. The first-order valence-electron chi connectivity index (χ1n) is 8.04. The summed E-state index contributed by atoms with van der Waals surface area (Å²) in [6.07, 6.45) is 0.544. The molecule has 8 heteroatoms. The lowest BCUT2D eigenvalue weighted by Gasteiger charge is -2.09. The Kier molecular flexibility index (Phi) is 7.26. The van der Waals surface area contributed by atoms with Crippen molar-refractivity contribution in [3.63, 3.8) is 0 Å². The number of hydrogen-bond acceptors (Lipinski definition) is 4. The van der Waals surface area contributed by atoms with Gasteiger partial charge in [0, 0.05) is 25.8 Å². The number of carbonyl (C=O) groups is 1. The molecule has 0 heterocycles. The van der Waals surface area contributed by atoms with Crippen LogP contribution in [0.5, 0.6) is 0 Å². The second kappa shape index (κ2) is 9.42. The minimum Gasteiger partial charge on any atom is -0.383 e. The predicted molar refractivity (Wildman–Crippen MR) is 95.9 cm³/mol. The largest absolute Gasteiger partial charge is 0.383 e. The molecule has 2 aromatic carbocycles. The van der Waals surface area contributed by atoms with Crippen LogP contribution in [0.3, 0.4) is 0 Å². The van der Waals surface area contributed by atoms with Gasteiger partial charge in [0.25, 0.3) is 5.91 Å². The van der Waals surface area contributed by atoms with Gasteiger partial charge in [0.15, 0.2) is 0 Å². The molecule has 0 fully saturated rings. The summed E-state index contributed by atoms with van der Waals surface area (Å²) in [6, 6.07) is 11.8. The lowest BCUT2D eigenvalue weighted by molar-refractivity contribution is 0.0954. The lowest BCUT2D eigenvalue weighted by Crippen LogP contribution is -2.28. The number of rotatable bonds is 9. The Balaban J connectivity index is 1.95. The molecule has 26 heavy (non-hydrogen) atoms. The maximum absolute atomic E-state index is 12.9. The summed E-state index contributed by atoms with van der Waals surface area (Å²) in [5, 5.41) is 2.73. The number of nitrogens with one attached hydrogen (secondary N) is 2. The maximum Gasteiger partial charge on any atom is 0.251 e. The standard InChI is InChI=1S/C18H21FN2O4S/c1-25-12-11-21-26(23,24)17-4-2-3-15(13-17)18(22)20-10-9-14-5-7-16(19)8-6-14/h2-8,13,21H,9-12H2,1H3,(H,20,22). The van der Waals surface area contributed by atoms with Crippen LogP contribution in [0.4, 0.5) is 4.39 Å². The van der Waals surface area contributed by atoms with Crippen LogP contribution >= 0.6 is 0 Å². The minimum atomic E-state index is -3.70. The quantitative estimate of drug-likeness (QED) is 0.649. The van der Waals surface area contributed by atoms with Crippen LogP contribution in [-0.2, 0) is 21.2 Å². The zero-order valence-corrected chi connectivity index (χ0v) is 15.2. The molecule has 140 valence electrons. The van der Waals surface area contributed by atoms with Gasteiger partial charge in [0.2, 0.25) is 10.0 Å². The van der Waals surface area contributed by atoms with Gasteiger partial charge in [-0.25, -0.2) is 17.5 Å². The van der Waals surface area contributed by atoms with Crippen molar-refractivity contribution in [2.24, 2.45) is 0 Å². The average molecular weight is 380 g/mol. The molecule has 2 aromatic rings. The van der Waals surface area contributed by atoms with E-state index in [1.807, 2.05) is 0 Å². The molecule has 0 bridgehead atoms. The van der Waals surface area contributed by atoms with Crippen LogP contribution < -0.4 is 10.0 Å². The van der Waals surface area contributed by atoms with Crippen molar-refractivity contribution in [3.8, 4) is 0 Å². The van der Waals surface area contributed by atoms with Crippen molar-refractivity contribution >= 4 is 15.9 Å². The Morgan fingerprint density at radius 3 is 2.54 bits per heavy atom. The Morgan fingerprint density at radius 1 is 1.12 bits per heavy atom. The molecular weight excluding hydrogens is 359 g/mol. The Hall–Kier alpha value is -2.29. The van der Waals surface area contributed by atoms with Crippen molar-refractivity contribution in [2.45, 2.75) is 11.3 Å². The van der Waals surface area contributed by atoms with E-state index >= 15 is 0 Å². The van der Waals surface area contributed by atoms with E-state index in [1.54, 1.807) is 18.2 Å². The van der Waals surface area contributed by atoms with Crippen molar-refractivity contribution in [1.29, 1.82) is 0 Å². The van der Waals surface area contributed by atoms with E-state index in [0.29, 0.717) is 13.0 Å². The van der Waals surface area contributed by atoms with Gasteiger partial charge in [-0.2, -0.15) is 0 Å². The summed E-state index contributed by atoms with van der Waals surface area (Å²) in [5.41, 5.74) is 1.14. The smallest absolute Gasteiger partial charge is 0.251 e. The Labute approximate surface area is 152 Å². The average Bonchev–Trinajstić information content (AvgIpc) is 2.63. The van der Waals surface area contributed by atoms with Crippen molar-refractivity contribution in [3.05, 3.63) is 65.5 Å². The molecule has 0 unspecified atom stereocenters. The summed E-state index contributed by atoms with van der Waals surface area (Å²) >= 11 is 0. The van der Waals surface area contributed by atoms with Gasteiger partial charge >= 0.3 is 0 Å². The molecule has 6 nitrogen and oxygen atoms in total. The third kappa shape index (κ3) is 5.91. The zero-order chi connectivity index (χ0) is 19.0. The van der Waals surface area contributed by atoms with Crippen LogP contribution in [-0.4, -0.2) is 41.1 Å². The number of sulfonamides is 1. The summed E-state index contributed by atoms with van der Waals surface area (Å²) in [4.78, 5) is 12.2. The molecule has 0 atom stereocenters. The second-order valence-corrected chi connectivity index (χ2v) is 7.32. The summed E-state index contributed by atoms with van der Waals surface area (Å²) in [7, 11) is -2.22. The van der Waals surface area contributed by atoms with E-state index in [-0.39, 0.29) is 35.3 Å². The van der Waals surface area contributed by atoms with E-state index < -0.39 is 10.0 Å². The molecule has 0 aromatic heterocycles. The number of methoxy groups -OCH3 is 1. The van der Waals surface area contributed by atoms with Gasteiger partial charge in [-0.05, 0) is 42.3 Å². The summed E-state index contributed by atoms with van der Waals surface area (Å²) in [5.74, 6) is -0.684. The van der Waals surface area contributed by atoms with E-state index in [2.05, 4.69) is 10.0 Å². The first kappa shape index (κ1) is 20.0. The van der Waals surface area contributed by atoms with Crippen LogP contribution in [0.1, 0.15) is 15.9 Å². The highest BCUT2D eigenvalue weighted by molar-refractivity contribution is 7.89. The minimum absolute atomic E-state index is 0.0137. The van der Waals surface area contributed by atoms with Crippen LogP contribution in [0.15, 0.2) is 53.4 Å². The number of hydrogen-bond donors (Lipinski definition) is 2. The molecule has 2 rings (SSSR count). The number of amides is 1. The van der Waals surface area contributed by atoms with Gasteiger partial charge in [-0.15, -0.1) is 0 Å². The number of halogens is 1. The maximum atomic E-state index is 12.9. The van der Waals surface area contributed by atoms with E-state index in [9.17, 15) is 17.6 Å². The van der Waals surface area contributed by atoms with Crippen molar-refractivity contribution in [1.82, 2.24) is 10.0 Å². The third-order valence-electron chi connectivity index (χ3n) is 3.62. The van der Waals surface area contributed by atoms with Crippen LogP contribution in [0.25, 0.3) is 0 Å². The molecule has 0 spiro atoms. The zero-order valence-electron chi connectivity index (χ0n) is 14.4. The van der Waals surface area contributed by atoms with Gasteiger partial charge in [0.1, 0.15) is 5.82 Å². The fraction of sp³-hybridized carbons (Fsp3) is 0.278. The van der Waals surface area contributed by atoms with Crippen molar-refractivity contribution < 1.29 is 22.3 Å². The highest BCUT2D eigenvalue weighted by Crippen LogP contribution is 2.11. The van der Waals surface area contributed by atoms with Crippen molar-refractivity contribution in [2.75, 3.05) is 26.8 Å². The van der Waals surface area contributed by atoms with Gasteiger partial charge < -0.3 is 10.1 Å². The highest BCUT2D eigenvalue weighted by atomic mass is 32.2. The van der Waals surface area contributed by atoms with Crippen LogP contribution in [0.2, 0.25) is 0 Å².